The van der Waals surface area contributed by atoms with Crippen molar-refractivity contribution in [2.75, 3.05) is 56.0 Å². The molecule has 0 spiro atoms. The van der Waals surface area contributed by atoms with Gasteiger partial charge in [0.2, 0.25) is 10.0 Å². The van der Waals surface area contributed by atoms with E-state index in [4.69, 9.17) is 0 Å². The van der Waals surface area contributed by atoms with E-state index in [-0.39, 0.29) is 10.8 Å². The van der Waals surface area contributed by atoms with Crippen molar-refractivity contribution in [2.45, 2.75) is 44.9 Å². The van der Waals surface area contributed by atoms with Crippen LogP contribution in [0.15, 0.2) is 41.3 Å². The van der Waals surface area contributed by atoms with Crippen LogP contribution in [0.5, 0.6) is 0 Å². The fourth-order valence-electron chi connectivity index (χ4n) is 4.98. The van der Waals surface area contributed by atoms with Gasteiger partial charge in [-0.3, -0.25) is 4.79 Å². The van der Waals surface area contributed by atoms with E-state index >= 15 is 0 Å². The number of likely N-dealkylation sites (N-methyl/N-ethyl adjacent to an activating group) is 1. The lowest BCUT2D eigenvalue weighted by Crippen LogP contribution is -2.46. The summed E-state index contributed by atoms with van der Waals surface area (Å²) in [5, 5.41) is 3.05. The van der Waals surface area contributed by atoms with Crippen molar-refractivity contribution in [1.29, 1.82) is 0 Å². The highest BCUT2D eigenvalue weighted by atomic mass is 32.2. The molecular weight excluding hydrogens is 448 g/mol. The third-order valence-electron chi connectivity index (χ3n) is 7.08. The third kappa shape index (κ3) is 4.99. The lowest BCUT2D eigenvalue weighted by molar-refractivity contribution is 0.102. The highest BCUT2D eigenvalue weighted by Crippen LogP contribution is 2.32. The quantitative estimate of drug-likeness (QED) is 0.620. The SMILES string of the molecule is CCN1CCN(c2ccc(S(=O)(=O)N(CC)CC)cc2NC(=O)c2ccc3c(c2)CCC3)CC1. The molecular formula is C26H36N4O3S. The van der Waals surface area contributed by atoms with Gasteiger partial charge in [0.25, 0.3) is 5.91 Å². The standard InChI is InChI=1S/C26H36N4O3S/c1-4-28-14-16-29(17-15-28)25-13-12-23(34(32,33)30(5-2)6-3)19-24(25)27-26(31)22-11-10-20-8-7-9-21(20)18-22/h10-13,18-19H,4-9,14-17H2,1-3H3,(H,27,31). The van der Waals surface area contributed by atoms with Crippen LogP contribution in [0, 0.1) is 0 Å². The molecule has 1 aliphatic carbocycles. The van der Waals surface area contributed by atoms with Gasteiger partial charge in [0.15, 0.2) is 0 Å². The molecule has 0 bridgehead atoms. The first kappa shape index (κ1) is 24.7. The first-order valence-electron chi connectivity index (χ1n) is 12.4. The number of nitrogens with zero attached hydrogens (tertiary/aromatic N) is 3. The molecule has 184 valence electrons. The number of fused-ring (bicyclic) bond motifs is 1. The smallest absolute Gasteiger partial charge is 0.255 e. The molecule has 1 amide bonds. The van der Waals surface area contributed by atoms with E-state index in [0.29, 0.717) is 24.3 Å². The van der Waals surface area contributed by atoms with Crippen LogP contribution in [0.1, 0.15) is 48.7 Å². The summed E-state index contributed by atoms with van der Waals surface area (Å²) in [5.41, 5.74) is 4.58. The number of amides is 1. The zero-order valence-corrected chi connectivity index (χ0v) is 21.3. The Morgan fingerprint density at radius 2 is 1.65 bits per heavy atom. The summed E-state index contributed by atoms with van der Waals surface area (Å²) in [6, 6.07) is 11.0. The molecule has 1 N–H and O–H groups in total. The van der Waals surface area contributed by atoms with Gasteiger partial charge in [-0.2, -0.15) is 4.31 Å². The molecule has 0 saturated carbocycles. The zero-order chi connectivity index (χ0) is 24.3. The summed E-state index contributed by atoms with van der Waals surface area (Å²) < 4.78 is 27.8. The van der Waals surface area contributed by atoms with Crippen molar-refractivity contribution in [3.05, 3.63) is 53.1 Å². The predicted molar refractivity (Wildman–Crippen MR) is 137 cm³/mol. The van der Waals surface area contributed by atoms with Crippen LogP contribution in [0.3, 0.4) is 0 Å². The van der Waals surface area contributed by atoms with Crippen LogP contribution in [0.4, 0.5) is 11.4 Å². The Hall–Kier alpha value is -2.42. The van der Waals surface area contributed by atoms with Gasteiger partial charge in [0.1, 0.15) is 0 Å². The highest BCUT2D eigenvalue weighted by molar-refractivity contribution is 7.89. The second-order valence-electron chi connectivity index (χ2n) is 8.98. The molecule has 1 fully saturated rings. The van der Waals surface area contributed by atoms with E-state index in [1.54, 1.807) is 12.1 Å². The van der Waals surface area contributed by atoms with E-state index in [1.165, 1.54) is 15.4 Å². The van der Waals surface area contributed by atoms with Crippen molar-refractivity contribution in [2.24, 2.45) is 0 Å². The zero-order valence-electron chi connectivity index (χ0n) is 20.5. The fraction of sp³-hybridized carbons (Fsp3) is 0.500. The summed E-state index contributed by atoms with van der Waals surface area (Å²) in [4.78, 5) is 18.1. The van der Waals surface area contributed by atoms with E-state index in [2.05, 4.69) is 22.0 Å². The first-order valence-corrected chi connectivity index (χ1v) is 13.9. The molecule has 7 nitrogen and oxygen atoms in total. The van der Waals surface area contributed by atoms with Crippen molar-refractivity contribution in [1.82, 2.24) is 9.21 Å². The Labute approximate surface area is 203 Å². The average Bonchev–Trinajstić information content (AvgIpc) is 3.32. The summed E-state index contributed by atoms with van der Waals surface area (Å²) in [6.07, 6.45) is 3.19. The fourth-order valence-corrected chi connectivity index (χ4v) is 6.46. The summed E-state index contributed by atoms with van der Waals surface area (Å²) >= 11 is 0. The maximum atomic E-state index is 13.3. The second kappa shape index (κ2) is 10.5. The van der Waals surface area contributed by atoms with Crippen molar-refractivity contribution in [3.8, 4) is 0 Å². The van der Waals surface area contributed by atoms with Crippen molar-refractivity contribution in [3.63, 3.8) is 0 Å². The van der Waals surface area contributed by atoms with Gasteiger partial charge in [-0.15, -0.1) is 0 Å². The largest absolute Gasteiger partial charge is 0.367 e. The molecule has 0 aromatic heterocycles. The Kier molecular flexibility index (Phi) is 7.60. The monoisotopic (exact) mass is 484 g/mol. The van der Waals surface area contributed by atoms with E-state index < -0.39 is 10.0 Å². The minimum Gasteiger partial charge on any atom is -0.367 e. The van der Waals surface area contributed by atoms with Crippen molar-refractivity contribution < 1.29 is 13.2 Å². The van der Waals surface area contributed by atoms with Crippen LogP contribution in [0.2, 0.25) is 0 Å². The van der Waals surface area contributed by atoms with Crippen LogP contribution < -0.4 is 10.2 Å². The van der Waals surface area contributed by atoms with Gasteiger partial charge < -0.3 is 15.1 Å². The van der Waals surface area contributed by atoms with Crippen molar-refractivity contribution >= 4 is 27.3 Å². The molecule has 2 aromatic rings. The number of anilines is 2. The molecule has 34 heavy (non-hydrogen) atoms. The molecule has 8 heteroatoms. The van der Waals surface area contributed by atoms with Gasteiger partial charge in [-0.05, 0) is 67.3 Å². The minimum atomic E-state index is -3.64. The first-order chi connectivity index (χ1) is 16.4. The summed E-state index contributed by atoms with van der Waals surface area (Å²) in [5.74, 6) is -0.208. The molecule has 1 aliphatic heterocycles. The van der Waals surface area contributed by atoms with Crippen LogP contribution >= 0.6 is 0 Å². The Balaban J connectivity index is 1.67. The maximum absolute atomic E-state index is 13.3. The number of carbonyl (C=O) groups excluding carboxylic acids is 1. The third-order valence-corrected chi connectivity index (χ3v) is 9.13. The number of carbonyl (C=O) groups is 1. The number of piperazine rings is 1. The predicted octanol–water partition coefficient (Wildman–Crippen LogP) is 3.60. The molecule has 0 unspecified atom stereocenters. The number of nitrogens with one attached hydrogen (secondary N) is 1. The number of benzene rings is 2. The molecule has 0 atom stereocenters. The van der Waals surface area contributed by atoms with Crippen LogP contribution in [-0.2, 0) is 22.9 Å². The van der Waals surface area contributed by atoms with Gasteiger partial charge in [-0.1, -0.05) is 26.8 Å². The summed E-state index contributed by atoms with van der Waals surface area (Å²) in [7, 11) is -3.64. The number of rotatable bonds is 8. The summed E-state index contributed by atoms with van der Waals surface area (Å²) in [6.45, 7) is 11.2. The normalized spacial score (nSPS) is 16.6. The molecule has 2 aliphatic rings. The lowest BCUT2D eigenvalue weighted by atomic mass is 10.1. The van der Waals surface area contributed by atoms with Gasteiger partial charge in [-0.25, -0.2) is 8.42 Å². The molecule has 0 radical (unpaired) electrons. The minimum absolute atomic E-state index is 0.205. The Bertz CT molecular complexity index is 1140. The van der Waals surface area contributed by atoms with E-state index in [9.17, 15) is 13.2 Å². The molecule has 1 saturated heterocycles. The molecule has 4 rings (SSSR count). The average molecular weight is 485 g/mol. The van der Waals surface area contributed by atoms with Crippen LogP contribution in [0.25, 0.3) is 0 Å². The molecule has 1 heterocycles. The second-order valence-corrected chi connectivity index (χ2v) is 10.9. The maximum Gasteiger partial charge on any atom is 0.255 e. The van der Waals surface area contributed by atoms with E-state index in [1.807, 2.05) is 38.1 Å². The highest BCUT2D eigenvalue weighted by Gasteiger charge is 2.26. The number of aryl methyl sites for hydroxylation is 2. The van der Waals surface area contributed by atoms with Crippen LogP contribution in [-0.4, -0.2) is 69.3 Å². The Morgan fingerprint density at radius 1 is 0.941 bits per heavy atom. The lowest BCUT2D eigenvalue weighted by Gasteiger charge is -2.36. The van der Waals surface area contributed by atoms with Gasteiger partial charge in [0, 0.05) is 44.8 Å². The number of hydrogen-bond acceptors (Lipinski definition) is 5. The van der Waals surface area contributed by atoms with Gasteiger partial charge >= 0.3 is 0 Å². The molecule has 2 aromatic carbocycles. The topological polar surface area (TPSA) is 73.0 Å². The number of sulfonamides is 1. The van der Waals surface area contributed by atoms with Gasteiger partial charge in [0.05, 0.1) is 16.3 Å². The number of hydrogen-bond donors (Lipinski definition) is 1. The van der Waals surface area contributed by atoms with E-state index in [0.717, 1.165) is 57.7 Å². The Morgan fingerprint density at radius 3 is 2.32 bits per heavy atom.